The summed E-state index contributed by atoms with van der Waals surface area (Å²) < 4.78 is 5.77. The van der Waals surface area contributed by atoms with Crippen LogP contribution in [0.1, 0.15) is 16.2 Å². The van der Waals surface area contributed by atoms with Crippen molar-refractivity contribution < 1.29 is 9.21 Å². The van der Waals surface area contributed by atoms with E-state index in [1.807, 2.05) is 35.2 Å². The normalized spacial score (nSPS) is 15.1. The number of piperazine rings is 1. The maximum atomic E-state index is 12.6. The van der Waals surface area contributed by atoms with E-state index in [0.29, 0.717) is 42.0 Å². The molecule has 1 fully saturated rings. The van der Waals surface area contributed by atoms with Crippen LogP contribution in [0.25, 0.3) is 11.5 Å². The SMILES string of the molecule is O=C(c1cccc(Cl)c1)N1CCN(Cc2nnc(-c3ccccc3)o2)CC1. The van der Waals surface area contributed by atoms with Crippen molar-refractivity contribution in [1.82, 2.24) is 20.0 Å². The van der Waals surface area contributed by atoms with Gasteiger partial charge >= 0.3 is 0 Å². The van der Waals surface area contributed by atoms with Crippen LogP contribution in [0.4, 0.5) is 0 Å². The third-order valence-corrected chi connectivity index (χ3v) is 4.81. The van der Waals surface area contributed by atoms with Crippen LogP contribution >= 0.6 is 11.6 Å². The standard InChI is InChI=1S/C20H19ClN4O2/c21-17-8-4-7-16(13-17)20(26)25-11-9-24(10-12-25)14-18-22-23-19(27-18)15-5-2-1-3-6-15/h1-8,13H,9-12,14H2. The molecule has 6 nitrogen and oxygen atoms in total. The molecule has 1 amide bonds. The summed E-state index contributed by atoms with van der Waals surface area (Å²) in [6.45, 7) is 3.42. The molecule has 4 rings (SSSR count). The molecule has 27 heavy (non-hydrogen) atoms. The monoisotopic (exact) mass is 382 g/mol. The van der Waals surface area contributed by atoms with Gasteiger partial charge in [-0.05, 0) is 30.3 Å². The fourth-order valence-corrected chi connectivity index (χ4v) is 3.31. The van der Waals surface area contributed by atoms with E-state index in [9.17, 15) is 4.79 Å². The minimum atomic E-state index is 0.0151. The zero-order valence-corrected chi connectivity index (χ0v) is 15.5. The fourth-order valence-electron chi connectivity index (χ4n) is 3.12. The van der Waals surface area contributed by atoms with Gasteiger partial charge in [-0.3, -0.25) is 9.69 Å². The van der Waals surface area contributed by atoms with Crippen LogP contribution in [0.15, 0.2) is 59.0 Å². The Morgan fingerprint density at radius 3 is 2.52 bits per heavy atom. The molecule has 0 N–H and O–H groups in total. The number of carbonyl (C=O) groups excluding carboxylic acids is 1. The van der Waals surface area contributed by atoms with Crippen molar-refractivity contribution in [1.29, 1.82) is 0 Å². The van der Waals surface area contributed by atoms with Gasteiger partial charge in [-0.1, -0.05) is 35.9 Å². The summed E-state index contributed by atoms with van der Waals surface area (Å²) in [5.74, 6) is 1.13. The van der Waals surface area contributed by atoms with E-state index in [1.165, 1.54) is 0 Å². The van der Waals surface area contributed by atoms with Gasteiger partial charge in [0.2, 0.25) is 11.8 Å². The molecule has 1 aromatic heterocycles. The summed E-state index contributed by atoms with van der Waals surface area (Å²) in [6, 6.07) is 16.8. The largest absolute Gasteiger partial charge is 0.419 e. The number of aromatic nitrogens is 2. The molecule has 2 aromatic carbocycles. The molecule has 0 spiro atoms. The lowest BCUT2D eigenvalue weighted by atomic mass is 10.2. The number of carbonyl (C=O) groups is 1. The zero-order chi connectivity index (χ0) is 18.6. The average Bonchev–Trinajstić information content (AvgIpc) is 3.17. The van der Waals surface area contributed by atoms with E-state index in [2.05, 4.69) is 15.1 Å². The topological polar surface area (TPSA) is 62.5 Å². The molecular weight excluding hydrogens is 364 g/mol. The van der Waals surface area contributed by atoms with Gasteiger partial charge in [0.25, 0.3) is 5.91 Å². The lowest BCUT2D eigenvalue weighted by Gasteiger charge is -2.34. The Morgan fingerprint density at radius 2 is 1.78 bits per heavy atom. The molecule has 0 unspecified atom stereocenters. The van der Waals surface area contributed by atoms with Crippen molar-refractivity contribution in [2.45, 2.75) is 6.54 Å². The Kier molecular flexibility index (Phi) is 5.18. The number of halogens is 1. The Hall–Kier alpha value is -2.70. The lowest BCUT2D eigenvalue weighted by molar-refractivity contribution is 0.0618. The van der Waals surface area contributed by atoms with Crippen molar-refractivity contribution in [2.24, 2.45) is 0 Å². The molecular formula is C20H19ClN4O2. The summed E-state index contributed by atoms with van der Waals surface area (Å²) in [7, 11) is 0. The van der Waals surface area contributed by atoms with Crippen LogP contribution < -0.4 is 0 Å². The van der Waals surface area contributed by atoms with Gasteiger partial charge in [0.1, 0.15) is 0 Å². The summed E-state index contributed by atoms with van der Waals surface area (Å²) in [5, 5.41) is 8.84. The molecule has 1 aliphatic rings. The first kappa shape index (κ1) is 17.7. The van der Waals surface area contributed by atoms with Crippen molar-refractivity contribution in [3.63, 3.8) is 0 Å². The second kappa shape index (κ2) is 7.90. The molecule has 0 radical (unpaired) electrons. The third kappa shape index (κ3) is 4.18. The van der Waals surface area contributed by atoms with Gasteiger partial charge in [-0.25, -0.2) is 0 Å². The second-order valence-electron chi connectivity index (χ2n) is 6.45. The molecule has 7 heteroatoms. The fraction of sp³-hybridized carbons (Fsp3) is 0.250. The molecule has 1 aliphatic heterocycles. The van der Waals surface area contributed by atoms with Gasteiger partial charge in [-0.2, -0.15) is 0 Å². The zero-order valence-electron chi connectivity index (χ0n) is 14.7. The molecule has 3 aromatic rings. The molecule has 1 saturated heterocycles. The van der Waals surface area contributed by atoms with Crippen LogP contribution in [0.2, 0.25) is 5.02 Å². The van der Waals surface area contributed by atoms with E-state index < -0.39 is 0 Å². The van der Waals surface area contributed by atoms with Gasteiger partial charge in [0, 0.05) is 42.3 Å². The predicted molar refractivity (Wildman–Crippen MR) is 102 cm³/mol. The first-order chi connectivity index (χ1) is 13.2. The average molecular weight is 383 g/mol. The third-order valence-electron chi connectivity index (χ3n) is 4.58. The van der Waals surface area contributed by atoms with E-state index in [-0.39, 0.29) is 5.91 Å². The Labute approximate surface area is 162 Å². The second-order valence-corrected chi connectivity index (χ2v) is 6.88. The number of hydrogen-bond acceptors (Lipinski definition) is 5. The summed E-state index contributed by atoms with van der Waals surface area (Å²) in [6.07, 6.45) is 0. The van der Waals surface area contributed by atoms with E-state index in [1.54, 1.807) is 24.3 Å². The summed E-state index contributed by atoms with van der Waals surface area (Å²) >= 11 is 5.99. The van der Waals surface area contributed by atoms with E-state index in [4.69, 9.17) is 16.0 Å². The Morgan fingerprint density at radius 1 is 1.00 bits per heavy atom. The highest BCUT2D eigenvalue weighted by atomic mass is 35.5. The highest BCUT2D eigenvalue weighted by Crippen LogP contribution is 2.19. The first-order valence-corrected chi connectivity index (χ1v) is 9.22. The number of amides is 1. The Bertz CT molecular complexity index is 920. The van der Waals surface area contributed by atoms with Gasteiger partial charge < -0.3 is 9.32 Å². The quantitative estimate of drug-likeness (QED) is 0.692. The minimum absolute atomic E-state index is 0.0151. The lowest BCUT2D eigenvalue weighted by Crippen LogP contribution is -2.48. The number of nitrogens with zero attached hydrogens (tertiary/aromatic N) is 4. The summed E-state index contributed by atoms with van der Waals surface area (Å²) in [5.41, 5.74) is 1.54. The van der Waals surface area contributed by atoms with Gasteiger partial charge in [-0.15, -0.1) is 10.2 Å². The minimum Gasteiger partial charge on any atom is -0.419 e. The summed E-state index contributed by atoms with van der Waals surface area (Å²) in [4.78, 5) is 16.6. The first-order valence-electron chi connectivity index (χ1n) is 8.84. The van der Waals surface area contributed by atoms with Crippen molar-refractivity contribution in [3.8, 4) is 11.5 Å². The maximum Gasteiger partial charge on any atom is 0.253 e. The van der Waals surface area contributed by atoms with Crippen LogP contribution in [0.5, 0.6) is 0 Å². The maximum absolute atomic E-state index is 12.6. The van der Waals surface area contributed by atoms with Crippen LogP contribution in [0, 0.1) is 0 Å². The molecule has 0 aliphatic carbocycles. The Balaban J connectivity index is 1.33. The molecule has 138 valence electrons. The van der Waals surface area contributed by atoms with Gasteiger partial charge in [0.15, 0.2) is 0 Å². The highest BCUT2D eigenvalue weighted by molar-refractivity contribution is 6.30. The smallest absolute Gasteiger partial charge is 0.253 e. The molecule has 2 heterocycles. The number of rotatable bonds is 4. The number of hydrogen-bond donors (Lipinski definition) is 0. The van der Waals surface area contributed by atoms with Crippen LogP contribution in [0.3, 0.4) is 0 Å². The molecule has 0 saturated carbocycles. The predicted octanol–water partition coefficient (Wildman–Crippen LogP) is 3.35. The van der Waals surface area contributed by atoms with Crippen LogP contribution in [-0.2, 0) is 6.54 Å². The van der Waals surface area contributed by atoms with Gasteiger partial charge in [0.05, 0.1) is 6.54 Å². The van der Waals surface area contributed by atoms with E-state index in [0.717, 1.165) is 18.7 Å². The molecule has 0 bridgehead atoms. The number of benzene rings is 2. The highest BCUT2D eigenvalue weighted by Gasteiger charge is 2.23. The molecule has 0 atom stereocenters. The van der Waals surface area contributed by atoms with E-state index >= 15 is 0 Å². The van der Waals surface area contributed by atoms with Crippen LogP contribution in [-0.4, -0.2) is 52.1 Å². The van der Waals surface area contributed by atoms with Crippen molar-refractivity contribution >= 4 is 17.5 Å². The van der Waals surface area contributed by atoms with Crippen molar-refractivity contribution in [3.05, 3.63) is 71.1 Å². The van der Waals surface area contributed by atoms with Crippen molar-refractivity contribution in [2.75, 3.05) is 26.2 Å².